The zero-order valence-corrected chi connectivity index (χ0v) is 19.6. The first-order valence-electron chi connectivity index (χ1n) is 10.8. The van der Waals surface area contributed by atoms with Crippen LogP contribution in [0.5, 0.6) is 28.7 Å². The number of hydrogen-bond donors (Lipinski definition) is 5. The van der Waals surface area contributed by atoms with Crippen molar-refractivity contribution in [1.29, 1.82) is 0 Å². The van der Waals surface area contributed by atoms with E-state index in [1.165, 1.54) is 27.4 Å². The molecule has 0 aliphatic carbocycles. The van der Waals surface area contributed by atoms with Gasteiger partial charge in [-0.25, -0.2) is 0 Å². The molecule has 5 atom stereocenters. The van der Waals surface area contributed by atoms with Crippen LogP contribution in [0.1, 0.15) is 0 Å². The largest absolute Gasteiger partial charge is 0.501 e. The molecule has 1 aliphatic heterocycles. The highest BCUT2D eigenvalue weighted by Gasteiger charge is 2.45. The van der Waals surface area contributed by atoms with Gasteiger partial charge in [0, 0.05) is 11.6 Å². The van der Waals surface area contributed by atoms with E-state index < -0.39 is 48.5 Å². The minimum absolute atomic E-state index is 0.150. The minimum atomic E-state index is -1.78. The van der Waals surface area contributed by atoms with E-state index in [0.717, 1.165) is 0 Å². The summed E-state index contributed by atoms with van der Waals surface area (Å²) in [6.07, 6.45) is -8.06. The molecule has 1 saturated heterocycles. The van der Waals surface area contributed by atoms with Crippen molar-refractivity contribution in [2.75, 3.05) is 27.9 Å². The number of benzene rings is 2. The third-order valence-electron chi connectivity index (χ3n) is 5.88. The van der Waals surface area contributed by atoms with Gasteiger partial charge in [-0.2, -0.15) is 0 Å². The van der Waals surface area contributed by atoms with E-state index in [0.29, 0.717) is 11.3 Å². The Labute approximate surface area is 204 Å². The predicted molar refractivity (Wildman–Crippen MR) is 124 cm³/mol. The molecule has 0 amide bonds. The zero-order valence-electron chi connectivity index (χ0n) is 19.6. The summed E-state index contributed by atoms with van der Waals surface area (Å²) in [5.74, 6) is -0.738. The topological polar surface area (TPSA) is 178 Å². The fourth-order valence-corrected chi connectivity index (χ4v) is 3.97. The van der Waals surface area contributed by atoms with Crippen LogP contribution in [0.2, 0.25) is 0 Å². The molecule has 0 saturated carbocycles. The highest BCUT2D eigenvalue weighted by atomic mass is 16.7. The van der Waals surface area contributed by atoms with Crippen molar-refractivity contribution < 1.29 is 53.6 Å². The van der Waals surface area contributed by atoms with Crippen molar-refractivity contribution in [1.82, 2.24) is 0 Å². The summed E-state index contributed by atoms with van der Waals surface area (Å²) < 4.78 is 32.7. The number of aliphatic hydroxyl groups excluding tert-OH is 4. The molecule has 0 bridgehead atoms. The lowest BCUT2D eigenvalue weighted by molar-refractivity contribution is -0.277. The Bertz CT molecular complexity index is 1280. The van der Waals surface area contributed by atoms with Crippen molar-refractivity contribution >= 4 is 11.0 Å². The highest BCUT2D eigenvalue weighted by Crippen LogP contribution is 2.50. The number of phenolic OH excluding ortho intramolecular Hbond substituents is 1. The van der Waals surface area contributed by atoms with Crippen LogP contribution >= 0.6 is 0 Å². The van der Waals surface area contributed by atoms with Crippen LogP contribution in [-0.2, 0) is 4.74 Å². The van der Waals surface area contributed by atoms with E-state index in [-0.39, 0.29) is 34.0 Å². The summed E-state index contributed by atoms with van der Waals surface area (Å²) in [6.45, 7) is -0.691. The molecule has 0 radical (unpaired) electrons. The van der Waals surface area contributed by atoms with Crippen LogP contribution in [0.3, 0.4) is 0 Å². The summed E-state index contributed by atoms with van der Waals surface area (Å²) in [5, 5.41) is 50.7. The van der Waals surface area contributed by atoms with E-state index >= 15 is 0 Å². The number of hydrogen-bond acceptors (Lipinski definition) is 12. The second-order valence-electron chi connectivity index (χ2n) is 7.97. The Morgan fingerprint density at radius 3 is 2.14 bits per heavy atom. The lowest BCUT2D eigenvalue weighted by atomic mass is 9.99. The fourth-order valence-electron chi connectivity index (χ4n) is 3.97. The van der Waals surface area contributed by atoms with E-state index in [2.05, 4.69) is 0 Å². The van der Waals surface area contributed by atoms with Gasteiger partial charge in [0.2, 0.25) is 23.5 Å². The monoisotopic (exact) mass is 506 g/mol. The number of aromatic hydroxyl groups is 1. The molecule has 3 aromatic rings. The van der Waals surface area contributed by atoms with Gasteiger partial charge in [-0.05, 0) is 24.3 Å². The standard InChI is InChI=1S/C24H26O12/c1-31-11-6-4-10(5-7-11)13-8-12(26)15-20(34-13)22(32-2)19(30)23(33-3)21(15)36-24-18(29)17(28)16(27)14(9-25)35-24/h4-8,14,16-18,24-25,27-30H,9H2,1-3H3. The Kier molecular flexibility index (Phi) is 7.24. The normalized spacial score (nSPS) is 23.9. The fraction of sp³-hybridized carbons (Fsp3) is 0.375. The van der Waals surface area contributed by atoms with Crippen molar-refractivity contribution in [2.45, 2.75) is 30.7 Å². The van der Waals surface area contributed by atoms with Crippen LogP contribution < -0.4 is 24.4 Å². The Hall–Kier alpha value is -3.55. The molecule has 36 heavy (non-hydrogen) atoms. The van der Waals surface area contributed by atoms with Gasteiger partial charge in [0.25, 0.3) is 0 Å². The van der Waals surface area contributed by atoms with Gasteiger partial charge in [-0.15, -0.1) is 0 Å². The van der Waals surface area contributed by atoms with Crippen LogP contribution in [0.25, 0.3) is 22.3 Å². The number of phenols is 1. The van der Waals surface area contributed by atoms with Crippen molar-refractivity contribution in [2.24, 2.45) is 0 Å². The number of aliphatic hydroxyl groups is 4. The van der Waals surface area contributed by atoms with Gasteiger partial charge >= 0.3 is 0 Å². The number of rotatable bonds is 7. The molecule has 12 nitrogen and oxygen atoms in total. The van der Waals surface area contributed by atoms with E-state index in [4.69, 9.17) is 28.1 Å². The molecule has 1 aliphatic rings. The third-order valence-corrected chi connectivity index (χ3v) is 5.88. The Balaban J connectivity index is 1.90. The lowest BCUT2D eigenvalue weighted by Crippen LogP contribution is -2.60. The lowest BCUT2D eigenvalue weighted by Gasteiger charge is -2.39. The third kappa shape index (κ3) is 4.29. The van der Waals surface area contributed by atoms with Gasteiger partial charge in [0.15, 0.2) is 16.8 Å². The molecular weight excluding hydrogens is 480 g/mol. The Morgan fingerprint density at radius 2 is 1.56 bits per heavy atom. The highest BCUT2D eigenvalue weighted by molar-refractivity contribution is 5.95. The average molecular weight is 506 g/mol. The minimum Gasteiger partial charge on any atom is -0.501 e. The number of methoxy groups -OCH3 is 3. The first kappa shape index (κ1) is 25.5. The molecule has 0 spiro atoms. The first-order chi connectivity index (χ1) is 17.2. The van der Waals surface area contributed by atoms with E-state index in [1.807, 2.05) is 0 Å². The molecule has 1 aromatic heterocycles. The zero-order chi connectivity index (χ0) is 26.1. The summed E-state index contributed by atoms with van der Waals surface area (Å²) in [7, 11) is 3.98. The predicted octanol–water partition coefficient (Wildman–Crippen LogP) is 0.370. The van der Waals surface area contributed by atoms with Crippen molar-refractivity contribution in [3.8, 4) is 40.1 Å². The molecule has 1 fully saturated rings. The maximum Gasteiger partial charge on any atom is 0.229 e. The molecule has 4 rings (SSSR count). The summed E-state index contributed by atoms with van der Waals surface area (Å²) in [4.78, 5) is 13.3. The van der Waals surface area contributed by atoms with Gasteiger partial charge in [0.1, 0.15) is 41.3 Å². The smallest absolute Gasteiger partial charge is 0.229 e. The van der Waals surface area contributed by atoms with Crippen LogP contribution in [0.15, 0.2) is 39.5 Å². The first-order valence-corrected chi connectivity index (χ1v) is 10.8. The maximum absolute atomic E-state index is 13.3. The summed E-state index contributed by atoms with van der Waals surface area (Å²) in [6, 6.07) is 7.89. The molecule has 12 heteroatoms. The van der Waals surface area contributed by atoms with E-state index in [1.54, 1.807) is 24.3 Å². The van der Waals surface area contributed by atoms with Gasteiger partial charge in [-0.3, -0.25) is 4.79 Å². The number of ether oxygens (including phenoxy) is 5. The molecule has 194 valence electrons. The van der Waals surface area contributed by atoms with Crippen molar-refractivity contribution in [3.63, 3.8) is 0 Å². The van der Waals surface area contributed by atoms with E-state index in [9.17, 15) is 30.3 Å². The second kappa shape index (κ2) is 10.2. The average Bonchev–Trinajstić information content (AvgIpc) is 2.88. The Morgan fingerprint density at radius 1 is 0.889 bits per heavy atom. The molecule has 2 heterocycles. The molecule has 5 unspecified atom stereocenters. The van der Waals surface area contributed by atoms with Gasteiger partial charge in [-0.1, -0.05) is 0 Å². The van der Waals surface area contributed by atoms with Crippen LogP contribution in [0, 0.1) is 0 Å². The summed E-state index contributed by atoms with van der Waals surface area (Å²) >= 11 is 0. The quantitative estimate of drug-likeness (QED) is 0.298. The van der Waals surface area contributed by atoms with Crippen molar-refractivity contribution in [3.05, 3.63) is 40.6 Å². The molecular formula is C24H26O12. The van der Waals surface area contributed by atoms with Crippen LogP contribution in [0.4, 0.5) is 0 Å². The number of fused-ring (bicyclic) bond motifs is 1. The molecule has 2 aromatic carbocycles. The van der Waals surface area contributed by atoms with Gasteiger partial charge < -0.3 is 53.6 Å². The second-order valence-corrected chi connectivity index (χ2v) is 7.97. The van der Waals surface area contributed by atoms with Crippen LogP contribution in [-0.4, -0.2) is 84.2 Å². The van der Waals surface area contributed by atoms with Gasteiger partial charge in [0.05, 0.1) is 27.9 Å². The maximum atomic E-state index is 13.3. The summed E-state index contributed by atoms with van der Waals surface area (Å²) in [5.41, 5.74) is -0.268. The SMILES string of the molecule is COc1ccc(-c2cc(=O)c3c(OC4OC(CO)C(O)C(O)C4O)c(OC)c(O)c(OC)c3o2)cc1. The molecule has 5 N–H and O–H groups in total.